The zero-order valence-corrected chi connectivity index (χ0v) is 13.6. The lowest BCUT2D eigenvalue weighted by molar-refractivity contribution is 0.561. The van der Waals surface area contributed by atoms with E-state index in [1.165, 1.54) is 0 Å². The molecule has 1 unspecified atom stereocenters. The highest BCUT2D eigenvalue weighted by Gasteiger charge is 2.27. The van der Waals surface area contributed by atoms with Crippen molar-refractivity contribution >= 4 is 33.0 Å². The van der Waals surface area contributed by atoms with E-state index < -0.39 is 11.4 Å². The third-order valence-corrected chi connectivity index (χ3v) is 4.17. The van der Waals surface area contributed by atoms with Gasteiger partial charge in [0.25, 0.3) is 0 Å². The number of pyridine rings is 1. The summed E-state index contributed by atoms with van der Waals surface area (Å²) in [6, 6.07) is 3.83. The van der Waals surface area contributed by atoms with Crippen LogP contribution in [-0.2, 0) is 11.4 Å². The van der Waals surface area contributed by atoms with Gasteiger partial charge in [0.15, 0.2) is 0 Å². The molecule has 100 valence electrons. The SMILES string of the molecule is CCC/C(=N\[S+]([O-])C(C)(C)C)c1ccc(Br)nc1. The van der Waals surface area contributed by atoms with Gasteiger partial charge in [-0.05, 0) is 55.3 Å². The van der Waals surface area contributed by atoms with Crippen LogP contribution in [0.1, 0.15) is 46.1 Å². The third kappa shape index (κ3) is 4.71. The van der Waals surface area contributed by atoms with Crippen molar-refractivity contribution in [2.75, 3.05) is 0 Å². The number of hydrogen-bond donors (Lipinski definition) is 0. The Hall–Kier alpha value is -0.390. The summed E-state index contributed by atoms with van der Waals surface area (Å²) in [5, 5.41) is 0. The Labute approximate surface area is 121 Å². The first-order valence-corrected chi connectivity index (χ1v) is 7.86. The van der Waals surface area contributed by atoms with Crippen LogP contribution in [0.5, 0.6) is 0 Å². The number of halogens is 1. The number of rotatable bonds is 4. The lowest BCUT2D eigenvalue weighted by Crippen LogP contribution is -2.27. The first-order chi connectivity index (χ1) is 8.34. The maximum absolute atomic E-state index is 12.1. The van der Waals surface area contributed by atoms with Crippen molar-refractivity contribution in [1.29, 1.82) is 0 Å². The molecule has 0 aromatic carbocycles. The molecule has 5 heteroatoms. The molecule has 1 rings (SSSR count). The molecule has 0 N–H and O–H groups in total. The van der Waals surface area contributed by atoms with E-state index in [9.17, 15) is 4.55 Å². The van der Waals surface area contributed by atoms with Crippen LogP contribution in [0.25, 0.3) is 0 Å². The summed E-state index contributed by atoms with van der Waals surface area (Å²) in [4.78, 5) is 4.19. The average molecular weight is 331 g/mol. The highest BCUT2D eigenvalue weighted by atomic mass is 79.9. The Kier molecular flexibility index (Phi) is 5.82. The molecule has 0 radical (unpaired) electrons. The van der Waals surface area contributed by atoms with Crippen LogP contribution < -0.4 is 0 Å². The summed E-state index contributed by atoms with van der Waals surface area (Å²) in [5.74, 6) is 0. The summed E-state index contributed by atoms with van der Waals surface area (Å²) in [5.41, 5.74) is 1.81. The largest absolute Gasteiger partial charge is 0.591 e. The molecule has 0 aliphatic carbocycles. The maximum Gasteiger partial charge on any atom is 0.144 e. The van der Waals surface area contributed by atoms with Gasteiger partial charge in [-0.1, -0.05) is 17.7 Å². The second-order valence-corrected chi connectivity index (χ2v) is 7.74. The summed E-state index contributed by atoms with van der Waals surface area (Å²) >= 11 is 2.08. The van der Waals surface area contributed by atoms with E-state index in [4.69, 9.17) is 0 Å². The van der Waals surface area contributed by atoms with Crippen LogP contribution in [0.2, 0.25) is 0 Å². The van der Waals surface area contributed by atoms with E-state index in [2.05, 4.69) is 32.2 Å². The van der Waals surface area contributed by atoms with E-state index in [0.29, 0.717) is 0 Å². The van der Waals surface area contributed by atoms with Crippen molar-refractivity contribution in [3.8, 4) is 0 Å². The van der Waals surface area contributed by atoms with Crippen molar-refractivity contribution in [2.24, 2.45) is 4.40 Å². The standard InChI is InChI=1S/C13H19BrN2OS/c1-5-6-11(16-18(17)13(2,3)4)10-7-8-12(14)15-9-10/h7-9H,5-6H2,1-4H3/b16-11+. The van der Waals surface area contributed by atoms with Crippen molar-refractivity contribution < 1.29 is 4.55 Å². The number of hydrogen-bond acceptors (Lipinski definition) is 3. The molecule has 0 amide bonds. The fourth-order valence-electron chi connectivity index (χ4n) is 1.26. The summed E-state index contributed by atoms with van der Waals surface area (Å²) in [6.45, 7) is 7.86. The molecular weight excluding hydrogens is 312 g/mol. The molecule has 0 saturated carbocycles. The Morgan fingerprint density at radius 3 is 2.56 bits per heavy atom. The van der Waals surface area contributed by atoms with E-state index in [1.807, 2.05) is 32.9 Å². The van der Waals surface area contributed by atoms with Gasteiger partial charge in [-0.3, -0.25) is 0 Å². The van der Waals surface area contributed by atoms with Crippen LogP contribution in [0, 0.1) is 0 Å². The summed E-state index contributed by atoms with van der Waals surface area (Å²) < 4.78 is 16.9. The first-order valence-electron chi connectivity index (χ1n) is 5.96. The predicted octanol–water partition coefficient (Wildman–Crippen LogP) is 3.90. The maximum atomic E-state index is 12.1. The van der Waals surface area contributed by atoms with Crippen molar-refractivity contribution in [2.45, 2.75) is 45.3 Å². The Bertz CT molecular complexity index is 412. The normalized spacial score (nSPS) is 14.7. The molecule has 1 aromatic rings. The van der Waals surface area contributed by atoms with Crippen LogP contribution in [0.15, 0.2) is 27.3 Å². The lowest BCUT2D eigenvalue weighted by Gasteiger charge is -2.19. The smallest absolute Gasteiger partial charge is 0.144 e. The van der Waals surface area contributed by atoms with E-state index in [-0.39, 0.29) is 4.75 Å². The summed E-state index contributed by atoms with van der Waals surface area (Å²) in [6.07, 6.45) is 3.54. The number of nitrogens with zero attached hydrogens (tertiary/aromatic N) is 2. The monoisotopic (exact) mass is 330 g/mol. The molecule has 1 aromatic heterocycles. The highest BCUT2D eigenvalue weighted by Crippen LogP contribution is 2.20. The van der Waals surface area contributed by atoms with Gasteiger partial charge in [0, 0.05) is 11.8 Å². The molecule has 0 bridgehead atoms. The molecule has 3 nitrogen and oxygen atoms in total. The average Bonchev–Trinajstić information content (AvgIpc) is 2.28. The Morgan fingerprint density at radius 1 is 1.44 bits per heavy atom. The second-order valence-electron chi connectivity index (χ2n) is 5.02. The highest BCUT2D eigenvalue weighted by molar-refractivity contribution is 9.10. The molecule has 0 saturated heterocycles. The number of aromatic nitrogens is 1. The van der Waals surface area contributed by atoms with Gasteiger partial charge in [0.05, 0.1) is 0 Å². The third-order valence-electron chi connectivity index (χ3n) is 2.26. The second kappa shape index (κ2) is 6.68. The molecule has 0 aliphatic heterocycles. The zero-order valence-electron chi connectivity index (χ0n) is 11.2. The van der Waals surface area contributed by atoms with Crippen molar-refractivity contribution in [3.63, 3.8) is 0 Å². The first kappa shape index (κ1) is 15.7. The van der Waals surface area contributed by atoms with E-state index >= 15 is 0 Å². The minimum absolute atomic E-state index is 0.332. The van der Waals surface area contributed by atoms with Crippen molar-refractivity contribution in [1.82, 2.24) is 4.98 Å². The van der Waals surface area contributed by atoms with Gasteiger partial charge >= 0.3 is 0 Å². The predicted molar refractivity (Wildman–Crippen MR) is 81.3 cm³/mol. The topological polar surface area (TPSA) is 48.3 Å². The van der Waals surface area contributed by atoms with Gasteiger partial charge in [0.2, 0.25) is 0 Å². The zero-order chi connectivity index (χ0) is 13.8. The minimum Gasteiger partial charge on any atom is -0.591 e. The van der Waals surface area contributed by atoms with Crippen LogP contribution >= 0.6 is 15.9 Å². The van der Waals surface area contributed by atoms with Crippen LogP contribution in [0.4, 0.5) is 0 Å². The van der Waals surface area contributed by atoms with Gasteiger partial charge < -0.3 is 4.55 Å². The molecular formula is C13H19BrN2OS. The lowest BCUT2D eigenvalue weighted by atomic mass is 10.1. The molecule has 0 aliphatic rings. The fraction of sp³-hybridized carbons (Fsp3) is 0.538. The minimum atomic E-state index is -1.23. The molecule has 1 heterocycles. The van der Waals surface area contributed by atoms with E-state index in [1.54, 1.807) is 6.20 Å². The van der Waals surface area contributed by atoms with Gasteiger partial charge in [-0.2, -0.15) is 0 Å². The van der Waals surface area contributed by atoms with Gasteiger partial charge in [-0.25, -0.2) is 4.98 Å². The summed E-state index contributed by atoms with van der Waals surface area (Å²) in [7, 11) is 0. The Morgan fingerprint density at radius 2 is 2.11 bits per heavy atom. The van der Waals surface area contributed by atoms with E-state index in [0.717, 1.165) is 28.7 Å². The van der Waals surface area contributed by atoms with Gasteiger partial charge in [0.1, 0.15) is 26.4 Å². The van der Waals surface area contributed by atoms with Crippen LogP contribution in [0.3, 0.4) is 0 Å². The molecule has 0 spiro atoms. The molecule has 18 heavy (non-hydrogen) atoms. The van der Waals surface area contributed by atoms with Gasteiger partial charge in [-0.15, -0.1) is 0 Å². The quantitative estimate of drug-likeness (QED) is 0.477. The fourth-order valence-corrected chi connectivity index (χ4v) is 2.17. The van der Waals surface area contributed by atoms with Crippen molar-refractivity contribution in [3.05, 3.63) is 28.5 Å². The van der Waals surface area contributed by atoms with Crippen LogP contribution in [-0.4, -0.2) is 20.0 Å². The Balaban J connectivity index is 3.02. The molecule has 1 atom stereocenters. The molecule has 0 fully saturated rings.